The zero-order valence-corrected chi connectivity index (χ0v) is 11.5. The molecule has 0 saturated carbocycles. The molecule has 2 fully saturated rings. The summed E-state index contributed by atoms with van der Waals surface area (Å²) >= 11 is 0. The summed E-state index contributed by atoms with van der Waals surface area (Å²) in [5, 5.41) is 0. The first-order valence-corrected chi connectivity index (χ1v) is 6.58. The largest absolute Gasteiger partial charge is 0.447 e. The van der Waals surface area contributed by atoms with Crippen LogP contribution in [-0.2, 0) is 9.47 Å². The van der Waals surface area contributed by atoms with Crippen LogP contribution in [0.1, 0.15) is 11.1 Å². The molecule has 2 amide bonds. The number of rotatable bonds is 2. The second-order valence-electron chi connectivity index (χ2n) is 4.94. The Morgan fingerprint density at radius 3 is 2.10 bits per heavy atom. The summed E-state index contributed by atoms with van der Waals surface area (Å²) in [5.74, 6) is 0. The minimum Gasteiger partial charge on any atom is -0.447 e. The van der Waals surface area contributed by atoms with Gasteiger partial charge in [0.2, 0.25) is 0 Å². The molecule has 0 aromatic heterocycles. The van der Waals surface area contributed by atoms with Crippen molar-refractivity contribution in [2.45, 2.75) is 13.8 Å². The van der Waals surface area contributed by atoms with Crippen LogP contribution in [0.5, 0.6) is 0 Å². The number of benzene rings is 1. The van der Waals surface area contributed by atoms with Crippen LogP contribution in [-0.4, -0.2) is 38.5 Å². The van der Waals surface area contributed by atoms with Gasteiger partial charge in [0, 0.05) is 5.69 Å². The van der Waals surface area contributed by atoms with Crippen LogP contribution in [0.25, 0.3) is 0 Å². The smallest absolute Gasteiger partial charge is 0.414 e. The molecule has 0 unspecified atom stereocenters. The van der Waals surface area contributed by atoms with Crippen LogP contribution in [0.2, 0.25) is 0 Å². The van der Waals surface area contributed by atoms with Gasteiger partial charge in [-0.1, -0.05) is 0 Å². The Labute approximate surface area is 116 Å². The number of cyclic esters (lactones) is 2. The molecule has 0 bridgehead atoms. The third-order valence-corrected chi connectivity index (χ3v) is 3.75. The Morgan fingerprint density at radius 1 is 0.950 bits per heavy atom. The number of ether oxygens (including phenoxy) is 2. The highest BCUT2D eigenvalue weighted by atomic mass is 16.6. The van der Waals surface area contributed by atoms with E-state index in [0.29, 0.717) is 26.3 Å². The van der Waals surface area contributed by atoms with E-state index in [1.54, 1.807) is 9.80 Å². The average Bonchev–Trinajstić information content (AvgIpc) is 3.01. The number of carbonyl (C=O) groups excluding carboxylic acids is 2. The van der Waals surface area contributed by atoms with Gasteiger partial charge in [-0.2, -0.15) is 0 Å². The van der Waals surface area contributed by atoms with Crippen LogP contribution in [0.3, 0.4) is 0 Å². The molecule has 106 valence electrons. The van der Waals surface area contributed by atoms with Crippen LogP contribution in [0.15, 0.2) is 12.1 Å². The lowest BCUT2D eigenvalue weighted by Crippen LogP contribution is -2.27. The molecule has 3 rings (SSSR count). The first kappa shape index (κ1) is 12.8. The molecule has 1 aromatic carbocycles. The number of nitrogens with zero attached hydrogens (tertiary/aromatic N) is 2. The second-order valence-corrected chi connectivity index (χ2v) is 4.94. The van der Waals surface area contributed by atoms with E-state index < -0.39 is 0 Å². The Hall–Kier alpha value is -2.24. The molecule has 2 aliphatic rings. The Morgan fingerprint density at radius 2 is 1.55 bits per heavy atom. The molecule has 0 aliphatic carbocycles. The zero-order chi connectivity index (χ0) is 14.3. The molecular formula is C14H16N2O4. The van der Waals surface area contributed by atoms with Crippen LogP contribution in [0, 0.1) is 13.8 Å². The van der Waals surface area contributed by atoms with E-state index >= 15 is 0 Å². The topological polar surface area (TPSA) is 59.1 Å². The molecule has 2 aliphatic heterocycles. The molecule has 0 radical (unpaired) electrons. The van der Waals surface area contributed by atoms with Gasteiger partial charge < -0.3 is 9.47 Å². The molecule has 6 nitrogen and oxygen atoms in total. The van der Waals surface area contributed by atoms with Crippen molar-refractivity contribution in [3.05, 3.63) is 23.3 Å². The number of aryl methyl sites for hydroxylation is 1. The fourth-order valence-corrected chi connectivity index (χ4v) is 2.50. The van der Waals surface area contributed by atoms with E-state index in [-0.39, 0.29) is 12.2 Å². The van der Waals surface area contributed by atoms with Crippen molar-refractivity contribution in [3.63, 3.8) is 0 Å². The molecule has 20 heavy (non-hydrogen) atoms. The van der Waals surface area contributed by atoms with Crippen LogP contribution >= 0.6 is 0 Å². The number of hydrogen-bond donors (Lipinski definition) is 0. The van der Waals surface area contributed by atoms with Gasteiger partial charge in [-0.25, -0.2) is 9.59 Å². The van der Waals surface area contributed by atoms with Crippen molar-refractivity contribution in [2.75, 3.05) is 36.1 Å². The SMILES string of the molecule is Cc1cc(N2CCOC2=O)cc(N2CCOC2=O)c1C. The van der Waals surface area contributed by atoms with Gasteiger partial charge in [0.15, 0.2) is 0 Å². The van der Waals surface area contributed by atoms with E-state index in [1.807, 2.05) is 26.0 Å². The lowest BCUT2D eigenvalue weighted by Gasteiger charge is -2.21. The van der Waals surface area contributed by atoms with Gasteiger partial charge in [-0.3, -0.25) is 9.80 Å². The third kappa shape index (κ3) is 1.97. The lowest BCUT2D eigenvalue weighted by molar-refractivity contribution is 0.180. The Kier molecular flexibility index (Phi) is 3.00. The van der Waals surface area contributed by atoms with Crippen LogP contribution in [0.4, 0.5) is 21.0 Å². The number of anilines is 2. The summed E-state index contributed by atoms with van der Waals surface area (Å²) in [6, 6.07) is 3.79. The summed E-state index contributed by atoms with van der Waals surface area (Å²) in [6.45, 7) is 5.78. The quantitative estimate of drug-likeness (QED) is 0.831. The van der Waals surface area contributed by atoms with Gasteiger partial charge in [-0.05, 0) is 37.1 Å². The zero-order valence-electron chi connectivity index (χ0n) is 11.5. The van der Waals surface area contributed by atoms with Gasteiger partial charge in [-0.15, -0.1) is 0 Å². The van der Waals surface area contributed by atoms with E-state index in [9.17, 15) is 9.59 Å². The molecule has 0 atom stereocenters. The molecule has 2 heterocycles. The van der Waals surface area contributed by atoms with E-state index in [0.717, 1.165) is 22.5 Å². The second kappa shape index (κ2) is 4.70. The van der Waals surface area contributed by atoms with Crippen molar-refractivity contribution >= 4 is 23.6 Å². The minimum atomic E-state index is -0.344. The molecule has 6 heteroatoms. The highest BCUT2D eigenvalue weighted by Crippen LogP contribution is 2.32. The van der Waals surface area contributed by atoms with Gasteiger partial charge in [0.25, 0.3) is 0 Å². The Balaban J connectivity index is 2.03. The molecular weight excluding hydrogens is 260 g/mol. The fraction of sp³-hybridized carbons (Fsp3) is 0.429. The van der Waals surface area contributed by atoms with Gasteiger partial charge in [0.05, 0.1) is 18.8 Å². The first-order chi connectivity index (χ1) is 9.58. The third-order valence-electron chi connectivity index (χ3n) is 3.75. The van der Waals surface area contributed by atoms with Crippen molar-refractivity contribution in [1.82, 2.24) is 0 Å². The molecule has 0 N–H and O–H groups in total. The maximum absolute atomic E-state index is 11.7. The van der Waals surface area contributed by atoms with E-state index in [1.165, 1.54) is 0 Å². The van der Waals surface area contributed by atoms with Crippen molar-refractivity contribution in [3.8, 4) is 0 Å². The molecule has 1 aromatic rings. The average molecular weight is 276 g/mol. The van der Waals surface area contributed by atoms with Crippen molar-refractivity contribution in [1.29, 1.82) is 0 Å². The van der Waals surface area contributed by atoms with E-state index in [2.05, 4.69) is 0 Å². The molecule has 2 saturated heterocycles. The summed E-state index contributed by atoms with van der Waals surface area (Å²) in [4.78, 5) is 26.6. The maximum atomic E-state index is 11.7. The summed E-state index contributed by atoms with van der Waals surface area (Å²) in [7, 11) is 0. The van der Waals surface area contributed by atoms with Gasteiger partial charge in [0.1, 0.15) is 13.2 Å². The van der Waals surface area contributed by atoms with Crippen LogP contribution < -0.4 is 9.80 Å². The number of amides is 2. The Bertz CT molecular complexity index is 585. The minimum absolute atomic E-state index is 0.339. The maximum Gasteiger partial charge on any atom is 0.414 e. The van der Waals surface area contributed by atoms with E-state index in [4.69, 9.17) is 9.47 Å². The normalized spacial score (nSPS) is 18.5. The summed E-state index contributed by atoms with van der Waals surface area (Å²) in [5.41, 5.74) is 3.59. The highest BCUT2D eigenvalue weighted by Gasteiger charge is 2.29. The number of carbonyl (C=O) groups is 2. The van der Waals surface area contributed by atoms with Crippen molar-refractivity contribution < 1.29 is 19.1 Å². The standard InChI is InChI=1S/C14H16N2O4/c1-9-7-11(15-3-5-19-13(15)17)8-12(10(9)2)16-4-6-20-14(16)18/h7-8H,3-6H2,1-2H3. The predicted molar refractivity (Wildman–Crippen MR) is 73.3 cm³/mol. The fourth-order valence-electron chi connectivity index (χ4n) is 2.50. The predicted octanol–water partition coefficient (Wildman–Crippen LogP) is 2.22. The highest BCUT2D eigenvalue weighted by molar-refractivity contribution is 5.94. The summed E-state index contributed by atoms with van der Waals surface area (Å²) in [6.07, 6.45) is -0.683. The number of hydrogen-bond acceptors (Lipinski definition) is 4. The van der Waals surface area contributed by atoms with Gasteiger partial charge >= 0.3 is 12.2 Å². The lowest BCUT2D eigenvalue weighted by atomic mass is 10.1. The molecule has 0 spiro atoms. The van der Waals surface area contributed by atoms with Crippen molar-refractivity contribution in [2.24, 2.45) is 0 Å². The monoisotopic (exact) mass is 276 g/mol. The summed E-state index contributed by atoms with van der Waals surface area (Å²) < 4.78 is 9.94. The first-order valence-electron chi connectivity index (χ1n) is 6.58.